The molecule has 2 atom stereocenters. The number of amides is 2. The van der Waals surface area contributed by atoms with Gasteiger partial charge < -0.3 is 34.4 Å². The number of pyridine rings is 2. The molecular formula is C56H62Cl2F2N8O7S. The summed E-state index contributed by atoms with van der Waals surface area (Å²) in [6.07, 6.45) is 6.59. The molecule has 0 spiro atoms. The van der Waals surface area contributed by atoms with Gasteiger partial charge in [-0.05, 0) is 97.1 Å². The number of anilines is 3. The molecule has 76 heavy (non-hydrogen) atoms. The summed E-state index contributed by atoms with van der Waals surface area (Å²) in [5.74, 6) is 2.08. The zero-order valence-electron chi connectivity index (χ0n) is 42.3. The van der Waals surface area contributed by atoms with Crippen LogP contribution < -0.4 is 29.5 Å². The minimum absolute atomic E-state index is 0.0423. The molecule has 0 aliphatic carbocycles. The molecule has 6 heterocycles. The zero-order valence-corrected chi connectivity index (χ0v) is 44.6. The molecule has 4 aliphatic rings. The van der Waals surface area contributed by atoms with Crippen molar-refractivity contribution >= 4 is 62.5 Å². The van der Waals surface area contributed by atoms with Gasteiger partial charge in [-0.25, -0.2) is 18.7 Å². The van der Waals surface area contributed by atoms with Gasteiger partial charge in [0.15, 0.2) is 6.10 Å². The predicted molar refractivity (Wildman–Crippen MR) is 291 cm³/mol. The maximum atomic E-state index is 13.5. The fourth-order valence-corrected chi connectivity index (χ4v) is 10.2. The van der Waals surface area contributed by atoms with Gasteiger partial charge in [0.05, 0.1) is 34.7 Å². The number of nitrogens with zero attached hydrogens (tertiary/aromatic N) is 7. The van der Waals surface area contributed by atoms with Crippen LogP contribution in [-0.2, 0) is 43.6 Å². The van der Waals surface area contributed by atoms with E-state index in [-0.39, 0.29) is 35.0 Å². The second-order valence-corrected chi connectivity index (χ2v) is 21.1. The molecule has 0 saturated carbocycles. The molecule has 4 aromatic carbocycles. The number of aromatic nitrogens is 2. The molecular weight excluding hydrogens is 1040 g/mol. The van der Waals surface area contributed by atoms with Crippen molar-refractivity contribution in [3.8, 4) is 11.5 Å². The Morgan fingerprint density at radius 1 is 0.618 bits per heavy atom. The SMILES string of the molecule is CS(=O)(=O)OC1CCN(c2ccc(Cl)c(F)c2)C1=O.O=C1C(N2CCCN(c3ccc(OCc4ccccc4)cn3)CC2)CCN1Cc1ccc(F)c(Cl)c1.c1ccc(COc2ccc(N3CCCNCC3)nc2)cc1. The third kappa shape index (κ3) is 16.1. The molecule has 20 heteroatoms. The molecule has 2 amide bonds. The van der Waals surface area contributed by atoms with Crippen LogP contribution in [0.5, 0.6) is 11.5 Å². The van der Waals surface area contributed by atoms with E-state index in [9.17, 15) is 26.8 Å². The number of hydrogen-bond donors (Lipinski definition) is 1. The maximum Gasteiger partial charge on any atom is 0.265 e. The normalized spacial score (nSPS) is 18.3. The van der Waals surface area contributed by atoms with E-state index in [0.717, 1.165) is 118 Å². The summed E-state index contributed by atoms with van der Waals surface area (Å²) >= 11 is 11.5. The highest BCUT2D eigenvalue weighted by Crippen LogP contribution is 2.28. The van der Waals surface area contributed by atoms with E-state index in [1.165, 1.54) is 28.7 Å². The molecule has 2 aromatic heterocycles. The van der Waals surface area contributed by atoms with E-state index in [4.69, 9.17) is 32.7 Å². The van der Waals surface area contributed by atoms with Gasteiger partial charge >= 0.3 is 0 Å². The Morgan fingerprint density at radius 2 is 1.26 bits per heavy atom. The Hall–Kier alpha value is -6.41. The minimum Gasteiger partial charge on any atom is -0.487 e. The average molecular weight is 1100 g/mol. The van der Waals surface area contributed by atoms with Crippen LogP contribution in [0.3, 0.4) is 0 Å². The highest BCUT2D eigenvalue weighted by atomic mass is 35.5. The Bertz CT molecular complexity index is 2950. The monoisotopic (exact) mass is 1100 g/mol. The van der Waals surface area contributed by atoms with Gasteiger partial charge in [-0.3, -0.25) is 18.7 Å². The summed E-state index contributed by atoms with van der Waals surface area (Å²) < 4.78 is 65.1. The van der Waals surface area contributed by atoms with Gasteiger partial charge in [-0.1, -0.05) is 89.9 Å². The Labute approximate surface area is 453 Å². The Balaban J connectivity index is 0.000000163. The number of nitrogens with one attached hydrogen (secondary N) is 1. The van der Waals surface area contributed by atoms with Gasteiger partial charge in [-0.15, -0.1) is 0 Å². The molecule has 402 valence electrons. The lowest BCUT2D eigenvalue weighted by Gasteiger charge is -2.27. The van der Waals surface area contributed by atoms with Crippen molar-refractivity contribution in [1.29, 1.82) is 0 Å². The maximum absolute atomic E-state index is 13.5. The fourth-order valence-electron chi connectivity index (χ4n) is 9.26. The molecule has 4 aliphatic heterocycles. The third-order valence-electron chi connectivity index (χ3n) is 13.2. The molecule has 2 unspecified atom stereocenters. The van der Waals surface area contributed by atoms with E-state index in [1.807, 2.05) is 83.9 Å². The molecule has 1 N–H and O–H groups in total. The Kier molecular flexibility index (Phi) is 19.9. The van der Waals surface area contributed by atoms with Crippen LogP contribution in [-0.4, -0.2) is 124 Å². The molecule has 10 rings (SSSR count). The van der Waals surface area contributed by atoms with Crippen LogP contribution in [0.4, 0.5) is 26.1 Å². The lowest BCUT2D eigenvalue weighted by molar-refractivity contribution is -0.132. The Morgan fingerprint density at radius 3 is 1.87 bits per heavy atom. The topological polar surface area (TPSA) is 150 Å². The van der Waals surface area contributed by atoms with Crippen LogP contribution in [0, 0.1) is 11.6 Å². The second-order valence-electron chi connectivity index (χ2n) is 18.7. The lowest BCUT2D eigenvalue weighted by atomic mass is 10.2. The van der Waals surface area contributed by atoms with Gasteiger partial charge in [0.25, 0.3) is 16.0 Å². The zero-order chi connectivity index (χ0) is 53.4. The molecule has 0 bridgehead atoms. The van der Waals surface area contributed by atoms with Crippen molar-refractivity contribution in [3.63, 3.8) is 0 Å². The first-order valence-electron chi connectivity index (χ1n) is 25.3. The van der Waals surface area contributed by atoms with Crippen molar-refractivity contribution in [2.75, 3.05) is 86.4 Å². The number of likely N-dealkylation sites (tertiary alicyclic amines) is 1. The van der Waals surface area contributed by atoms with E-state index < -0.39 is 33.8 Å². The van der Waals surface area contributed by atoms with E-state index >= 15 is 0 Å². The first kappa shape index (κ1) is 55.8. The van der Waals surface area contributed by atoms with Crippen LogP contribution >= 0.6 is 23.2 Å². The van der Waals surface area contributed by atoms with Gasteiger partial charge in [0.1, 0.15) is 48.0 Å². The highest BCUT2D eigenvalue weighted by Gasteiger charge is 2.37. The van der Waals surface area contributed by atoms with Crippen molar-refractivity contribution in [3.05, 3.63) is 172 Å². The van der Waals surface area contributed by atoms with Crippen molar-refractivity contribution in [2.24, 2.45) is 0 Å². The third-order valence-corrected chi connectivity index (χ3v) is 14.4. The smallest absolute Gasteiger partial charge is 0.265 e. The van der Waals surface area contributed by atoms with Gasteiger partial charge in [0, 0.05) is 77.6 Å². The first-order chi connectivity index (χ1) is 36.8. The predicted octanol–water partition coefficient (Wildman–Crippen LogP) is 8.79. The number of carbonyl (C=O) groups is 2. The van der Waals surface area contributed by atoms with Crippen LogP contribution in [0.15, 0.2) is 134 Å². The van der Waals surface area contributed by atoms with E-state index in [1.54, 1.807) is 18.3 Å². The van der Waals surface area contributed by atoms with E-state index in [0.29, 0.717) is 32.0 Å². The lowest BCUT2D eigenvalue weighted by Crippen LogP contribution is -2.43. The van der Waals surface area contributed by atoms with Crippen LogP contribution in [0.2, 0.25) is 10.0 Å². The van der Waals surface area contributed by atoms with Crippen molar-refractivity contribution < 1.29 is 40.4 Å². The largest absolute Gasteiger partial charge is 0.487 e. The van der Waals surface area contributed by atoms with Crippen LogP contribution in [0.25, 0.3) is 0 Å². The number of halogens is 4. The van der Waals surface area contributed by atoms with Crippen LogP contribution in [0.1, 0.15) is 42.4 Å². The average Bonchev–Trinajstić information content (AvgIpc) is 3.69. The summed E-state index contributed by atoms with van der Waals surface area (Å²) in [7, 11) is -3.70. The first-order valence-corrected chi connectivity index (χ1v) is 27.9. The molecule has 0 radical (unpaired) electrons. The summed E-state index contributed by atoms with van der Waals surface area (Å²) in [5, 5.41) is 3.45. The number of hydrogen-bond acceptors (Lipinski definition) is 13. The molecule has 15 nitrogen and oxygen atoms in total. The second kappa shape index (κ2) is 27.1. The number of rotatable bonds is 14. The van der Waals surface area contributed by atoms with Gasteiger partial charge in [0.2, 0.25) is 5.91 Å². The number of benzene rings is 4. The molecule has 6 aromatic rings. The van der Waals surface area contributed by atoms with Gasteiger partial charge in [-0.2, -0.15) is 8.42 Å². The minimum atomic E-state index is -3.70. The quantitative estimate of drug-likeness (QED) is 0.104. The number of ether oxygens (including phenoxy) is 2. The highest BCUT2D eigenvalue weighted by molar-refractivity contribution is 7.86. The van der Waals surface area contributed by atoms with Crippen molar-refractivity contribution in [2.45, 2.75) is 57.6 Å². The molecule has 4 saturated heterocycles. The number of carbonyl (C=O) groups excluding carboxylic acids is 2. The summed E-state index contributed by atoms with van der Waals surface area (Å²) in [4.78, 5) is 44.3. The summed E-state index contributed by atoms with van der Waals surface area (Å²) in [6, 6.07) is 36.8. The fraction of sp³-hybridized carbons (Fsp3) is 0.357. The van der Waals surface area contributed by atoms with E-state index in [2.05, 4.69) is 46.3 Å². The van der Waals surface area contributed by atoms with Crippen molar-refractivity contribution in [1.82, 2.24) is 25.1 Å². The summed E-state index contributed by atoms with van der Waals surface area (Å²) in [5.41, 5.74) is 3.46. The summed E-state index contributed by atoms with van der Waals surface area (Å²) in [6.45, 7) is 10.1. The molecule has 4 fully saturated rings. The standard InChI is InChI=1S/C28H30ClFN4O2.C17H21N3O.C11H11ClFNO4S/c29-24-17-22(7-9-25(24)30)19-34-14-11-26(28(34)35)32-12-4-13-33(16-15-32)27-10-8-23(18-31-27)36-20-21-5-2-1-3-6-21;1-2-5-15(6-3-1)14-21-16-7-8-17(19-13-16)20-11-4-9-18-10-12-20;1-19(16,17)18-10-4-5-14(11(10)15)7-2-3-8(12)9(13)6-7/h1-3,5-10,17-18,26H,4,11-16,19-20H2;1-3,5-8,13,18H,4,9-12,14H2;2-3,6,10H,4-5H2,1H3.